The Hall–Kier alpha value is -1.35. The number of hydrogen-bond acceptors (Lipinski definition) is 3. The lowest BCUT2D eigenvalue weighted by Crippen LogP contribution is -2.35. The number of amidine groups is 1. The van der Waals surface area contributed by atoms with Crippen LogP contribution >= 0.6 is 0 Å². The van der Waals surface area contributed by atoms with Crippen LogP contribution in [0.5, 0.6) is 0 Å². The first kappa shape index (κ1) is 10.2. The van der Waals surface area contributed by atoms with Crippen molar-refractivity contribution in [2.24, 2.45) is 4.99 Å². The maximum Gasteiger partial charge on any atom is 0.115 e. The highest BCUT2D eigenvalue weighted by molar-refractivity contribution is 5.98. The standard InChI is InChI=1S/C12H17N3/c1-9-4-3-5-10(2)12(9)15-11-8-13-6-7-14-11/h3-5,13H,6-8H2,1-2H3,(H,14,15). The lowest BCUT2D eigenvalue weighted by atomic mass is 10.1. The summed E-state index contributed by atoms with van der Waals surface area (Å²) in [4.78, 5) is 4.45. The highest BCUT2D eigenvalue weighted by Crippen LogP contribution is 2.19. The molecule has 15 heavy (non-hydrogen) atoms. The molecule has 3 heteroatoms. The van der Waals surface area contributed by atoms with Gasteiger partial charge in [-0.3, -0.25) is 4.99 Å². The van der Waals surface area contributed by atoms with Gasteiger partial charge in [0.2, 0.25) is 0 Å². The van der Waals surface area contributed by atoms with Crippen LogP contribution in [0.1, 0.15) is 11.1 Å². The number of aliphatic imine (C=N–C) groups is 1. The lowest BCUT2D eigenvalue weighted by Gasteiger charge is -2.18. The van der Waals surface area contributed by atoms with E-state index in [-0.39, 0.29) is 0 Å². The van der Waals surface area contributed by atoms with Gasteiger partial charge in [0.15, 0.2) is 0 Å². The molecule has 1 heterocycles. The van der Waals surface area contributed by atoms with Gasteiger partial charge in [-0.15, -0.1) is 0 Å². The molecule has 0 aromatic heterocycles. The van der Waals surface area contributed by atoms with Crippen molar-refractivity contribution in [3.63, 3.8) is 0 Å². The topological polar surface area (TPSA) is 36.4 Å². The molecule has 0 spiro atoms. The number of hydrogen-bond donors (Lipinski definition) is 2. The third-order valence-electron chi connectivity index (χ3n) is 2.63. The van der Waals surface area contributed by atoms with Crippen LogP contribution in [0.4, 0.5) is 5.69 Å². The first-order valence-electron chi connectivity index (χ1n) is 5.34. The van der Waals surface area contributed by atoms with Crippen molar-refractivity contribution in [2.75, 3.05) is 25.0 Å². The molecule has 0 aliphatic carbocycles. The summed E-state index contributed by atoms with van der Waals surface area (Å²) in [5.41, 5.74) is 3.73. The fraction of sp³-hybridized carbons (Fsp3) is 0.417. The number of anilines is 1. The molecule has 0 bridgehead atoms. The SMILES string of the molecule is Cc1cccc(C)c1NC1=NCCNC1. The Labute approximate surface area is 90.6 Å². The Morgan fingerprint density at radius 2 is 2.00 bits per heavy atom. The molecule has 3 nitrogen and oxygen atoms in total. The van der Waals surface area contributed by atoms with Crippen LogP contribution in [0.2, 0.25) is 0 Å². The summed E-state index contributed by atoms with van der Waals surface area (Å²) in [5, 5.41) is 6.71. The van der Waals surface area contributed by atoms with Crippen molar-refractivity contribution in [1.29, 1.82) is 0 Å². The molecule has 1 aromatic carbocycles. The molecule has 0 saturated carbocycles. The molecule has 2 rings (SSSR count). The Kier molecular flexibility index (Phi) is 3.02. The first-order valence-corrected chi connectivity index (χ1v) is 5.34. The van der Waals surface area contributed by atoms with Crippen LogP contribution in [0.25, 0.3) is 0 Å². The predicted octanol–water partition coefficient (Wildman–Crippen LogP) is 1.72. The molecular formula is C12H17N3. The van der Waals surface area contributed by atoms with Crippen LogP contribution in [0.15, 0.2) is 23.2 Å². The van der Waals surface area contributed by atoms with Gasteiger partial charge in [0.05, 0.1) is 13.1 Å². The zero-order valence-corrected chi connectivity index (χ0v) is 9.30. The van der Waals surface area contributed by atoms with Gasteiger partial charge in [-0.1, -0.05) is 18.2 Å². The Morgan fingerprint density at radius 3 is 2.60 bits per heavy atom. The highest BCUT2D eigenvalue weighted by Gasteiger charge is 2.07. The van der Waals surface area contributed by atoms with Crippen LogP contribution in [-0.4, -0.2) is 25.5 Å². The average molecular weight is 203 g/mol. The molecule has 1 aromatic rings. The van der Waals surface area contributed by atoms with Crippen molar-refractivity contribution in [2.45, 2.75) is 13.8 Å². The van der Waals surface area contributed by atoms with E-state index in [4.69, 9.17) is 0 Å². The molecule has 2 N–H and O–H groups in total. The summed E-state index contributed by atoms with van der Waals surface area (Å²) in [7, 11) is 0. The third kappa shape index (κ3) is 2.36. The zero-order chi connectivity index (χ0) is 10.7. The molecule has 1 aliphatic heterocycles. The Bertz CT molecular complexity index is 362. The molecule has 0 saturated heterocycles. The maximum atomic E-state index is 4.45. The van der Waals surface area contributed by atoms with E-state index < -0.39 is 0 Å². The summed E-state index contributed by atoms with van der Waals surface area (Å²) in [6.07, 6.45) is 0. The number of benzene rings is 1. The van der Waals surface area contributed by atoms with Crippen LogP contribution < -0.4 is 10.6 Å². The van der Waals surface area contributed by atoms with Gasteiger partial charge < -0.3 is 10.6 Å². The minimum absolute atomic E-state index is 0.841. The molecule has 0 radical (unpaired) electrons. The summed E-state index contributed by atoms with van der Waals surface area (Å²) < 4.78 is 0. The van der Waals surface area contributed by atoms with E-state index in [0.717, 1.165) is 25.5 Å². The summed E-state index contributed by atoms with van der Waals surface area (Å²) in [5.74, 6) is 1.04. The summed E-state index contributed by atoms with van der Waals surface area (Å²) >= 11 is 0. The molecule has 0 atom stereocenters. The van der Waals surface area contributed by atoms with Gasteiger partial charge in [0.25, 0.3) is 0 Å². The monoisotopic (exact) mass is 203 g/mol. The normalized spacial score (nSPS) is 16.0. The number of para-hydroxylation sites is 1. The van der Waals surface area contributed by atoms with Crippen molar-refractivity contribution in [3.8, 4) is 0 Å². The minimum Gasteiger partial charge on any atom is -0.343 e. The van der Waals surface area contributed by atoms with Crippen LogP contribution in [0.3, 0.4) is 0 Å². The first-order chi connectivity index (χ1) is 7.27. The zero-order valence-electron chi connectivity index (χ0n) is 9.30. The van der Waals surface area contributed by atoms with Crippen LogP contribution in [-0.2, 0) is 0 Å². The molecule has 0 unspecified atom stereocenters. The second-order valence-electron chi connectivity index (χ2n) is 3.90. The van der Waals surface area contributed by atoms with Crippen molar-refractivity contribution in [1.82, 2.24) is 5.32 Å². The second kappa shape index (κ2) is 4.45. The van der Waals surface area contributed by atoms with Gasteiger partial charge >= 0.3 is 0 Å². The molecule has 1 aliphatic rings. The molecular weight excluding hydrogens is 186 g/mol. The lowest BCUT2D eigenvalue weighted by molar-refractivity contribution is 0.735. The molecule has 80 valence electrons. The fourth-order valence-corrected chi connectivity index (χ4v) is 1.77. The van der Waals surface area contributed by atoms with Crippen molar-refractivity contribution in [3.05, 3.63) is 29.3 Å². The van der Waals surface area contributed by atoms with Gasteiger partial charge in [0, 0.05) is 12.2 Å². The van der Waals surface area contributed by atoms with E-state index in [1.54, 1.807) is 0 Å². The predicted molar refractivity (Wildman–Crippen MR) is 64.7 cm³/mol. The van der Waals surface area contributed by atoms with E-state index >= 15 is 0 Å². The van der Waals surface area contributed by atoms with Gasteiger partial charge in [-0.2, -0.15) is 0 Å². The minimum atomic E-state index is 0.841. The number of rotatable bonds is 1. The van der Waals surface area contributed by atoms with E-state index in [1.165, 1.54) is 16.8 Å². The van der Waals surface area contributed by atoms with Gasteiger partial charge in [-0.25, -0.2) is 0 Å². The molecule has 0 amide bonds. The number of nitrogens with one attached hydrogen (secondary N) is 2. The van der Waals surface area contributed by atoms with E-state index in [9.17, 15) is 0 Å². The van der Waals surface area contributed by atoms with Crippen molar-refractivity contribution < 1.29 is 0 Å². The highest BCUT2D eigenvalue weighted by atomic mass is 15.1. The average Bonchev–Trinajstić information content (AvgIpc) is 2.25. The van der Waals surface area contributed by atoms with Gasteiger partial charge in [0.1, 0.15) is 5.84 Å². The Balaban J connectivity index is 2.19. The quantitative estimate of drug-likeness (QED) is 0.729. The smallest absolute Gasteiger partial charge is 0.115 e. The largest absolute Gasteiger partial charge is 0.343 e. The fourth-order valence-electron chi connectivity index (χ4n) is 1.77. The van der Waals surface area contributed by atoms with Crippen LogP contribution in [0, 0.1) is 13.8 Å². The molecule has 0 fully saturated rings. The Morgan fingerprint density at radius 1 is 1.27 bits per heavy atom. The number of aryl methyl sites for hydroxylation is 2. The summed E-state index contributed by atoms with van der Waals surface area (Å²) in [6.45, 7) is 6.93. The van der Waals surface area contributed by atoms with Gasteiger partial charge in [-0.05, 0) is 25.0 Å². The summed E-state index contributed by atoms with van der Waals surface area (Å²) in [6, 6.07) is 6.31. The van der Waals surface area contributed by atoms with E-state index in [0.29, 0.717) is 0 Å². The van der Waals surface area contributed by atoms with Crippen molar-refractivity contribution >= 4 is 11.5 Å². The number of nitrogens with zero attached hydrogens (tertiary/aromatic N) is 1. The van der Waals surface area contributed by atoms with E-state index in [1.807, 2.05) is 0 Å². The second-order valence-corrected chi connectivity index (χ2v) is 3.90. The third-order valence-corrected chi connectivity index (χ3v) is 2.63. The van der Waals surface area contributed by atoms with E-state index in [2.05, 4.69) is 47.7 Å². The maximum absolute atomic E-state index is 4.45.